The first-order valence-electron chi connectivity index (χ1n) is 5.60. The smallest absolute Gasteiger partial charge is 0.469 e. The maximum absolute atomic E-state index is 13.1. The summed E-state index contributed by atoms with van der Waals surface area (Å²) < 4.78 is 83.7. The monoisotopic (exact) mass is 332 g/mol. The van der Waals surface area contributed by atoms with Crippen LogP contribution in [0.15, 0.2) is 6.20 Å². The fourth-order valence-corrected chi connectivity index (χ4v) is 1.67. The molecule has 0 amide bonds. The summed E-state index contributed by atoms with van der Waals surface area (Å²) in [5.41, 5.74) is 1.99. The molecule has 0 saturated carbocycles. The van der Waals surface area contributed by atoms with Crippen LogP contribution in [0, 0.1) is 0 Å². The second-order valence-electron chi connectivity index (χ2n) is 3.94. The van der Waals surface area contributed by atoms with Crippen LogP contribution in [0.3, 0.4) is 0 Å². The van der Waals surface area contributed by atoms with Gasteiger partial charge in [0.25, 0.3) is 0 Å². The number of carbonyl (C=O) groups is 1. The summed E-state index contributed by atoms with van der Waals surface area (Å²) in [6.45, 7) is -0.637. The highest BCUT2D eigenvalue weighted by Crippen LogP contribution is 2.39. The van der Waals surface area contributed by atoms with Gasteiger partial charge in [0.1, 0.15) is 0 Å². The normalized spacial score (nSPS) is 12.2. The van der Waals surface area contributed by atoms with Gasteiger partial charge in [0, 0.05) is 18.3 Å². The zero-order valence-corrected chi connectivity index (χ0v) is 11.0. The van der Waals surface area contributed by atoms with Gasteiger partial charge in [-0.25, -0.2) is 4.98 Å². The number of hydrogen-bond donors (Lipinski definition) is 1. The Labute approximate surface area is 120 Å². The average Bonchev–Trinajstić information content (AvgIpc) is 2.37. The molecule has 1 aromatic heterocycles. The lowest BCUT2D eigenvalue weighted by Gasteiger charge is -2.19. The number of pyridine rings is 1. The highest BCUT2D eigenvalue weighted by molar-refractivity contribution is 5.74. The molecule has 1 heterocycles. The Kier molecular flexibility index (Phi) is 5.22. The third kappa shape index (κ3) is 4.48. The van der Waals surface area contributed by atoms with Gasteiger partial charge in [-0.3, -0.25) is 4.79 Å². The van der Waals surface area contributed by atoms with E-state index in [1.807, 2.05) is 0 Å². The van der Waals surface area contributed by atoms with E-state index in [0.29, 0.717) is 6.20 Å². The Balaban J connectivity index is 3.54. The zero-order chi connectivity index (χ0) is 17.1. The first kappa shape index (κ1) is 18.0. The Morgan fingerprint density at radius 2 is 1.86 bits per heavy atom. The summed E-state index contributed by atoms with van der Waals surface area (Å²) in [7, 11) is 0.875. The molecule has 11 heteroatoms. The van der Waals surface area contributed by atoms with E-state index in [0.717, 1.165) is 7.11 Å². The van der Waals surface area contributed by atoms with Crippen molar-refractivity contribution in [3.05, 3.63) is 22.9 Å². The number of esters is 1. The van der Waals surface area contributed by atoms with Crippen LogP contribution in [0.25, 0.3) is 0 Å². The quantitative estimate of drug-likeness (QED) is 0.676. The van der Waals surface area contributed by atoms with Crippen molar-refractivity contribution in [3.63, 3.8) is 0 Å². The van der Waals surface area contributed by atoms with Crippen LogP contribution >= 0.6 is 0 Å². The third-order valence-electron chi connectivity index (χ3n) is 2.48. The molecule has 0 atom stereocenters. The van der Waals surface area contributed by atoms with E-state index in [-0.39, 0.29) is 0 Å². The number of nitrogens with zero attached hydrogens (tertiary/aromatic N) is 1. The Hall–Kier alpha value is -2.04. The van der Waals surface area contributed by atoms with Gasteiger partial charge in [0.05, 0.1) is 19.1 Å². The predicted octanol–water partition coefficient (Wildman–Crippen LogP) is 2.17. The molecule has 0 unspecified atom stereocenters. The molecule has 0 aromatic carbocycles. The van der Waals surface area contributed by atoms with Crippen LogP contribution in [-0.4, -0.2) is 24.4 Å². The van der Waals surface area contributed by atoms with Crippen LogP contribution < -0.4 is 10.5 Å². The van der Waals surface area contributed by atoms with Crippen molar-refractivity contribution in [2.24, 2.45) is 5.73 Å². The van der Waals surface area contributed by atoms with Crippen LogP contribution in [0.1, 0.15) is 16.7 Å². The van der Waals surface area contributed by atoms with Crippen LogP contribution in [0.5, 0.6) is 5.88 Å². The molecular weight excluding hydrogens is 322 g/mol. The number of nitrogens with two attached hydrogens (primary N) is 1. The number of halogens is 6. The summed E-state index contributed by atoms with van der Waals surface area (Å²) in [5, 5.41) is 0. The van der Waals surface area contributed by atoms with E-state index < -0.39 is 54.0 Å². The standard InChI is InChI=1S/C11H10F6N2O3/c1-21-7(20)2-6-8(10(12,13)14)5(3-18)4-19-9(6)22-11(15,16)17/h4H,2-3,18H2,1H3. The number of carbonyl (C=O) groups excluding carboxylic acids is 1. The molecule has 0 fully saturated rings. The topological polar surface area (TPSA) is 74.4 Å². The maximum atomic E-state index is 13.1. The second kappa shape index (κ2) is 6.38. The molecule has 0 saturated heterocycles. The number of rotatable bonds is 4. The summed E-state index contributed by atoms with van der Waals surface area (Å²) in [4.78, 5) is 14.4. The SMILES string of the molecule is COC(=O)Cc1c(OC(F)(F)F)ncc(CN)c1C(F)(F)F. The first-order valence-corrected chi connectivity index (χ1v) is 5.60. The minimum Gasteiger partial charge on any atom is -0.469 e. The molecule has 0 aliphatic heterocycles. The third-order valence-corrected chi connectivity index (χ3v) is 2.48. The van der Waals surface area contributed by atoms with Gasteiger partial charge < -0.3 is 15.2 Å². The molecule has 22 heavy (non-hydrogen) atoms. The molecule has 0 radical (unpaired) electrons. The summed E-state index contributed by atoms with van der Waals surface area (Å²) in [6.07, 6.45) is -10.9. The molecule has 0 aliphatic rings. The molecule has 0 aliphatic carbocycles. The predicted molar refractivity (Wildman–Crippen MR) is 59.5 cm³/mol. The van der Waals surface area contributed by atoms with Gasteiger partial charge in [-0.05, 0) is 5.56 Å². The van der Waals surface area contributed by atoms with Gasteiger partial charge in [0.15, 0.2) is 0 Å². The van der Waals surface area contributed by atoms with Gasteiger partial charge in [-0.1, -0.05) is 0 Å². The fourth-order valence-electron chi connectivity index (χ4n) is 1.67. The van der Waals surface area contributed by atoms with E-state index in [9.17, 15) is 31.1 Å². The van der Waals surface area contributed by atoms with E-state index in [1.54, 1.807) is 0 Å². The molecule has 1 rings (SSSR count). The van der Waals surface area contributed by atoms with Crippen LogP contribution in [0.2, 0.25) is 0 Å². The lowest BCUT2D eigenvalue weighted by Crippen LogP contribution is -2.24. The highest BCUT2D eigenvalue weighted by atomic mass is 19.4. The van der Waals surface area contributed by atoms with Gasteiger partial charge in [-0.15, -0.1) is 13.2 Å². The lowest BCUT2D eigenvalue weighted by atomic mass is 10.0. The van der Waals surface area contributed by atoms with E-state index in [4.69, 9.17) is 5.73 Å². The molecule has 2 N–H and O–H groups in total. The Morgan fingerprint density at radius 3 is 2.27 bits per heavy atom. The van der Waals surface area contributed by atoms with Crippen molar-refractivity contribution < 1.29 is 40.6 Å². The molecule has 1 aromatic rings. The minimum absolute atomic E-state index is 0.519. The van der Waals surface area contributed by atoms with Gasteiger partial charge >= 0.3 is 18.5 Å². The van der Waals surface area contributed by atoms with Gasteiger partial charge in [-0.2, -0.15) is 13.2 Å². The van der Waals surface area contributed by atoms with Crippen molar-refractivity contribution in [3.8, 4) is 5.88 Å². The van der Waals surface area contributed by atoms with Gasteiger partial charge in [0.2, 0.25) is 5.88 Å². The summed E-state index contributed by atoms with van der Waals surface area (Å²) >= 11 is 0. The number of hydrogen-bond acceptors (Lipinski definition) is 5. The fraction of sp³-hybridized carbons (Fsp3) is 0.455. The second-order valence-corrected chi connectivity index (χ2v) is 3.94. The summed E-state index contributed by atoms with van der Waals surface area (Å²) in [6, 6.07) is 0. The van der Waals surface area contributed by atoms with Crippen molar-refractivity contribution in [2.45, 2.75) is 25.5 Å². The number of aromatic nitrogens is 1. The number of ether oxygens (including phenoxy) is 2. The van der Waals surface area contributed by atoms with Crippen molar-refractivity contribution >= 4 is 5.97 Å². The number of alkyl halides is 6. The molecule has 124 valence electrons. The van der Waals surface area contributed by atoms with E-state index >= 15 is 0 Å². The van der Waals surface area contributed by atoms with Crippen molar-refractivity contribution in [2.75, 3.05) is 7.11 Å². The van der Waals surface area contributed by atoms with Crippen molar-refractivity contribution in [1.29, 1.82) is 0 Å². The maximum Gasteiger partial charge on any atom is 0.574 e. The van der Waals surface area contributed by atoms with Crippen LogP contribution in [0.4, 0.5) is 26.3 Å². The van der Waals surface area contributed by atoms with E-state index in [1.165, 1.54) is 0 Å². The molecular formula is C11H10F6N2O3. The molecule has 5 nitrogen and oxygen atoms in total. The minimum atomic E-state index is -5.27. The highest BCUT2D eigenvalue weighted by Gasteiger charge is 2.41. The Bertz CT molecular complexity index is 556. The lowest BCUT2D eigenvalue weighted by molar-refractivity contribution is -0.276. The first-order chi connectivity index (χ1) is 9.99. The Morgan fingerprint density at radius 1 is 1.27 bits per heavy atom. The molecule has 0 bridgehead atoms. The van der Waals surface area contributed by atoms with Crippen molar-refractivity contribution in [1.82, 2.24) is 4.98 Å². The van der Waals surface area contributed by atoms with E-state index in [2.05, 4.69) is 14.5 Å². The largest absolute Gasteiger partial charge is 0.574 e. The average molecular weight is 332 g/mol. The summed E-state index contributed by atoms with van der Waals surface area (Å²) in [5.74, 6) is -2.56. The zero-order valence-electron chi connectivity index (χ0n) is 11.0. The number of methoxy groups -OCH3 is 1. The van der Waals surface area contributed by atoms with Crippen LogP contribution in [-0.2, 0) is 28.7 Å². The molecule has 0 spiro atoms.